The van der Waals surface area contributed by atoms with Gasteiger partial charge in [-0.15, -0.1) is 6.58 Å². The van der Waals surface area contributed by atoms with Crippen LogP contribution in [-0.2, 0) is 10.0 Å². The molecule has 102 valence electrons. The molecule has 0 aliphatic heterocycles. The summed E-state index contributed by atoms with van der Waals surface area (Å²) < 4.78 is 26.0. The van der Waals surface area contributed by atoms with Crippen LogP contribution >= 0.6 is 0 Å². The van der Waals surface area contributed by atoms with Crippen molar-refractivity contribution in [3.05, 3.63) is 12.7 Å². The second-order valence-electron chi connectivity index (χ2n) is 4.57. The van der Waals surface area contributed by atoms with Crippen LogP contribution in [0.2, 0.25) is 0 Å². The number of rotatable bonds is 9. The molecule has 0 aromatic heterocycles. The van der Waals surface area contributed by atoms with Crippen LogP contribution in [0.15, 0.2) is 12.7 Å². The lowest BCUT2D eigenvalue weighted by Gasteiger charge is -2.25. The molecule has 0 amide bonds. The number of nitrogens with one attached hydrogen (secondary N) is 1. The van der Waals surface area contributed by atoms with E-state index in [2.05, 4.69) is 11.9 Å². The van der Waals surface area contributed by atoms with Gasteiger partial charge in [-0.05, 0) is 13.3 Å². The van der Waals surface area contributed by atoms with E-state index in [-0.39, 0.29) is 0 Å². The van der Waals surface area contributed by atoms with Gasteiger partial charge in [-0.3, -0.25) is 0 Å². The van der Waals surface area contributed by atoms with Crippen molar-refractivity contribution in [3.8, 4) is 0 Å². The number of hydrogen-bond acceptors (Lipinski definition) is 3. The third kappa shape index (κ3) is 5.66. The quantitative estimate of drug-likeness (QED) is 0.642. The van der Waals surface area contributed by atoms with Crippen molar-refractivity contribution in [3.63, 3.8) is 0 Å². The van der Waals surface area contributed by atoms with Gasteiger partial charge in [0.1, 0.15) is 0 Å². The zero-order chi connectivity index (χ0) is 13.5. The molecule has 0 aromatic rings. The molecule has 0 saturated carbocycles. The summed E-state index contributed by atoms with van der Waals surface area (Å²) in [5, 5.41) is 2.75. The van der Waals surface area contributed by atoms with Crippen molar-refractivity contribution < 1.29 is 8.42 Å². The molecule has 0 fully saturated rings. The summed E-state index contributed by atoms with van der Waals surface area (Å²) in [5.74, 6) is 0. The first-order chi connectivity index (χ1) is 7.86. The Hall–Kier alpha value is -0.390. The van der Waals surface area contributed by atoms with Crippen molar-refractivity contribution in [2.75, 3.05) is 19.6 Å². The SMILES string of the molecule is C=CCN(CCC)S(=O)(=O)C(C)CNC(C)C. The molecule has 1 unspecified atom stereocenters. The van der Waals surface area contributed by atoms with E-state index in [0.717, 1.165) is 6.42 Å². The van der Waals surface area contributed by atoms with Gasteiger partial charge >= 0.3 is 0 Å². The van der Waals surface area contributed by atoms with Crippen LogP contribution in [0.1, 0.15) is 34.1 Å². The van der Waals surface area contributed by atoms with E-state index >= 15 is 0 Å². The standard InChI is InChI=1S/C12H26N2O2S/c1-6-8-14(9-7-2)17(15,16)12(5)10-13-11(3)4/h6,11-13H,1,7-10H2,2-5H3. The topological polar surface area (TPSA) is 49.4 Å². The number of sulfonamides is 1. The first-order valence-electron chi connectivity index (χ1n) is 6.19. The molecule has 17 heavy (non-hydrogen) atoms. The summed E-state index contributed by atoms with van der Waals surface area (Å²) in [5.41, 5.74) is 0. The molecule has 0 saturated heterocycles. The highest BCUT2D eigenvalue weighted by Crippen LogP contribution is 2.09. The number of nitrogens with zero attached hydrogens (tertiary/aromatic N) is 1. The first kappa shape index (κ1) is 16.6. The van der Waals surface area contributed by atoms with Crippen molar-refractivity contribution in [1.29, 1.82) is 0 Å². The monoisotopic (exact) mass is 262 g/mol. The van der Waals surface area contributed by atoms with Crippen LogP contribution < -0.4 is 5.32 Å². The van der Waals surface area contributed by atoms with Gasteiger partial charge in [0.05, 0.1) is 5.25 Å². The van der Waals surface area contributed by atoms with Gasteiger partial charge in [-0.2, -0.15) is 4.31 Å². The molecule has 0 aromatic carbocycles. The van der Waals surface area contributed by atoms with Crippen molar-refractivity contribution in [2.45, 2.75) is 45.4 Å². The van der Waals surface area contributed by atoms with E-state index in [9.17, 15) is 8.42 Å². The van der Waals surface area contributed by atoms with Crippen LogP contribution in [-0.4, -0.2) is 43.6 Å². The van der Waals surface area contributed by atoms with Crippen molar-refractivity contribution in [2.24, 2.45) is 0 Å². The lowest BCUT2D eigenvalue weighted by atomic mass is 10.3. The van der Waals surface area contributed by atoms with Crippen LogP contribution in [0, 0.1) is 0 Å². The summed E-state index contributed by atoms with van der Waals surface area (Å²) in [4.78, 5) is 0. The molecule has 0 spiro atoms. The summed E-state index contributed by atoms with van der Waals surface area (Å²) in [7, 11) is -3.22. The summed E-state index contributed by atoms with van der Waals surface area (Å²) in [6.45, 7) is 12.8. The fourth-order valence-electron chi connectivity index (χ4n) is 1.48. The van der Waals surface area contributed by atoms with Crippen LogP contribution in [0.4, 0.5) is 0 Å². The smallest absolute Gasteiger partial charge is 0.218 e. The average Bonchev–Trinajstić information content (AvgIpc) is 2.25. The average molecular weight is 262 g/mol. The zero-order valence-electron chi connectivity index (χ0n) is 11.4. The number of hydrogen-bond donors (Lipinski definition) is 1. The minimum absolute atomic E-state index is 0.298. The molecule has 0 radical (unpaired) electrons. The van der Waals surface area contributed by atoms with Crippen LogP contribution in [0.25, 0.3) is 0 Å². The predicted octanol–water partition coefficient (Wildman–Crippen LogP) is 1.60. The summed E-state index contributed by atoms with van der Waals surface area (Å²) in [6.07, 6.45) is 2.45. The maximum Gasteiger partial charge on any atom is 0.218 e. The van der Waals surface area contributed by atoms with Gasteiger partial charge in [-0.1, -0.05) is 26.8 Å². The Morgan fingerprint density at radius 3 is 2.35 bits per heavy atom. The van der Waals surface area contributed by atoms with Gasteiger partial charge in [0.2, 0.25) is 10.0 Å². The van der Waals surface area contributed by atoms with E-state index in [1.807, 2.05) is 20.8 Å². The molecular weight excluding hydrogens is 236 g/mol. The Bertz CT molecular complexity index is 312. The largest absolute Gasteiger partial charge is 0.313 e. The molecule has 5 heteroatoms. The third-order valence-electron chi connectivity index (χ3n) is 2.49. The summed E-state index contributed by atoms with van der Waals surface area (Å²) in [6, 6.07) is 0.298. The molecular formula is C12H26N2O2S. The molecule has 0 heterocycles. The zero-order valence-corrected chi connectivity index (χ0v) is 12.3. The van der Waals surface area contributed by atoms with E-state index in [1.165, 1.54) is 4.31 Å². The Labute approximate surface area is 106 Å². The lowest BCUT2D eigenvalue weighted by Crippen LogP contribution is -2.43. The fourth-order valence-corrected chi connectivity index (χ4v) is 3.04. The van der Waals surface area contributed by atoms with Gasteiger partial charge in [-0.25, -0.2) is 8.42 Å². The third-order valence-corrected chi connectivity index (χ3v) is 4.72. The predicted molar refractivity (Wildman–Crippen MR) is 73.6 cm³/mol. The molecule has 1 atom stereocenters. The van der Waals surface area contributed by atoms with Crippen molar-refractivity contribution >= 4 is 10.0 Å². The normalized spacial score (nSPS) is 14.2. The molecule has 0 rings (SSSR count). The molecule has 4 nitrogen and oxygen atoms in total. The minimum atomic E-state index is -3.22. The fraction of sp³-hybridized carbons (Fsp3) is 0.833. The maximum absolute atomic E-state index is 12.3. The molecule has 0 bridgehead atoms. The van der Waals surface area contributed by atoms with Crippen LogP contribution in [0.3, 0.4) is 0 Å². The van der Waals surface area contributed by atoms with E-state index in [1.54, 1.807) is 13.0 Å². The van der Waals surface area contributed by atoms with Gasteiger partial charge in [0.25, 0.3) is 0 Å². The highest BCUT2D eigenvalue weighted by molar-refractivity contribution is 7.89. The van der Waals surface area contributed by atoms with E-state index in [4.69, 9.17) is 0 Å². The first-order valence-corrected chi connectivity index (χ1v) is 7.69. The van der Waals surface area contributed by atoms with Gasteiger partial charge in [0, 0.05) is 25.7 Å². The van der Waals surface area contributed by atoms with E-state index in [0.29, 0.717) is 25.7 Å². The highest BCUT2D eigenvalue weighted by atomic mass is 32.2. The molecule has 0 aliphatic rings. The molecule has 0 aliphatic carbocycles. The van der Waals surface area contributed by atoms with Gasteiger partial charge < -0.3 is 5.32 Å². The maximum atomic E-state index is 12.3. The lowest BCUT2D eigenvalue weighted by molar-refractivity contribution is 0.429. The minimum Gasteiger partial charge on any atom is -0.313 e. The Kier molecular flexibility index (Phi) is 7.66. The second kappa shape index (κ2) is 7.84. The Morgan fingerprint density at radius 2 is 1.94 bits per heavy atom. The van der Waals surface area contributed by atoms with E-state index < -0.39 is 15.3 Å². The van der Waals surface area contributed by atoms with Crippen molar-refractivity contribution in [1.82, 2.24) is 9.62 Å². The second-order valence-corrected chi connectivity index (χ2v) is 6.92. The Balaban J connectivity index is 4.63. The summed E-state index contributed by atoms with van der Waals surface area (Å²) >= 11 is 0. The Morgan fingerprint density at radius 1 is 1.35 bits per heavy atom. The van der Waals surface area contributed by atoms with Crippen LogP contribution in [0.5, 0.6) is 0 Å². The highest BCUT2D eigenvalue weighted by Gasteiger charge is 2.27. The van der Waals surface area contributed by atoms with Gasteiger partial charge in [0.15, 0.2) is 0 Å². The molecule has 1 N–H and O–H groups in total.